The second-order valence-corrected chi connectivity index (χ2v) is 20.1. The first-order valence-corrected chi connectivity index (χ1v) is 24.8. The van der Waals surface area contributed by atoms with Gasteiger partial charge in [0.1, 0.15) is 42.1 Å². The average Bonchev–Trinajstić information content (AvgIpc) is 4.09. The second-order valence-electron chi connectivity index (χ2n) is 20.1. The Hall–Kier alpha value is -7.89. The van der Waals surface area contributed by atoms with E-state index in [1.165, 1.54) is 29.2 Å². The summed E-state index contributed by atoms with van der Waals surface area (Å²) in [5, 5.41) is 9.93. The Morgan fingerprint density at radius 3 is 2.57 bits per heavy atom. The Bertz CT molecular complexity index is 3280. The number of nitrogens with zero attached hydrogens (tertiary/aromatic N) is 7. The Kier molecular flexibility index (Phi) is 12.5. The molecule has 2 aromatic heterocycles. The van der Waals surface area contributed by atoms with Crippen LogP contribution in [0.15, 0.2) is 66.9 Å². The van der Waals surface area contributed by atoms with Gasteiger partial charge in [0, 0.05) is 81.3 Å². The molecule has 380 valence electrons. The third kappa shape index (κ3) is 8.62. The van der Waals surface area contributed by atoms with Crippen LogP contribution < -0.4 is 25.6 Å². The van der Waals surface area contributed by atoms with Crippen LogP contribution in [0.25, 0.3) is 32.9 Å². The van der Waals surface area contributed by atoms with Gasteiger partial charge in [0.25, 0.3) is 11.8 Å². The lowest BCUT2D eigenvalue weighted by atomic mass is 9.94. The quantitative estimate of drug-likeness (QED) is 0.0759. The van der Waals surface area contributed by atoms with Crippen molar-refractivity contribution in [2.24, 2.45) is 0 Å². The third-order valence-corrected chi connectivity index (χ3v) is 15.3. The number of hydrogen-bond acceptors (Lipinski definition) is 14. The molecule has 5 unspecified atom stereocenters. The van der Waals surface area contributed by atoms with Crippen molar-refractivity contribution in [3.63, 3.8) is 0 Å². The van der Waals surface area contributed by atoms with Crippen LogP contribution in [-0.4, -0.2) is 141 Å². The fraction of sp³-hybridized carbons (Fsp3) is 0.389. The number of imide groups is 2. The average molecular weight is 1010 g/mol. The summed E-state index contributed by atoms with van der Waals surface area (Å²) in [4.78, 5) is 98.2. The van der Waals surface area contributed by atoms with Crippen LogP contribution in [0.4, 0.5) is 25.1 Å². The molecule has 0 aliphatic carbocycles. The van der Waals surface area contributed by atoms with Crippen molar-refractivity contribution in [3.05, 3.63) is 95.2 Å². The molecule has 11 rings (SSSR count). The predicted octanol–water partition coefficient (Wildman–Crippen LogP) is 5.48. The number of carbonyl (C=O) groups is 6. The summed E-state index contributed by atoms with van der Waals surface area (Å²) in [5.74, 6) is -1.46. The fourth-order valence-electron chi connectivity index (χ4n) is 11.8. The largest absolute Gasteiger partial charge is 0.461 e. The zero-order valence-electron chi connectivity index (χ0n) is 40.5. The van der Waals surface area contributed by atoms with Crippen molar-refractivity contribution in [1.29, 1.82) is 0 Å². The van der Waals surface area contributed by atoms with Crippen molar-refractivity contribution < 1.29 is 47.0 Å². The van der Waals surface area contributed by atoms with E-state index in [4.69, 9.17) is 25.9 Å². The number of aromatic nitrogens is 3. The number of piperazine rings is 1. The monoisotopic (exact) mass is 1010 g/mol. The summed E-state index contributed by atoms with van der Waals surface area (Å²) in [5.41, 5.74) is 0.903. The van der Waals surface area contributed by atoms with Crippen LogP contribution in [0.1, 0.15) is 84.1 Å². The minimum atomic E-state index is -1.15. The number of rotatable bonds is 13. The molecular formula is C54H52F2N10O8. The molecule has 5 aromatic rings. The minimum Gasteiger partial charge on any atom is -0.461 e. The van der Waals surface area contributed by atoms with Crippen molar-refractivity contribution in [1.82, 2.24) is 40.3 Å². The number of carbonyl (C=O) groups excluding carboxylic acids is 6. The Labute approximate surface area is 423 Å². The molecule has 8 heterocycles. The highest BCUT2D eigenvalue weighted by Crippen LogP contribution is 2.45. The van der Waals surface area contributed by atoms with Crippen LogP contribution in [0, 0.1) is 24.0 Å². The van der Waals surface area contributed by atoms with Crippen LogP contribution in [0.5, 0.6) is 6.01 Å². The van der Waals surface area contributed by atoms with Crippen LogP contribution in [0.2, 0.25) is 0 Å². The van der Waals surface area contributed by atoms with E-state index >= 15 is 8.78 Å². The van der Waals surface area contributed by atoms with E-state index in [2.05, 4.69) is 43.2 Å². The summed E-state index contributed by atoms with van der Waals surface area (Å²) in [6, 6.07) is 11.7. The summed E-state index contributed by atoms with van der Waals surface area (Å²) in [6.07, 6.45) is 11.0. The molecule has 6 amide bonds. The van der Waals surface area contributed by atoms with Gasteiger partial charge in [-0.2, -0.15) is 9.97 Å². The lowest BCUT2D eigenvalue weighted by molar-refractivity contribution is -0.136. The van der Waals surface area contributed by atoms with Crippen molar-refractivity contribution in [2.45, 2.75) is 87.5 Å². The van der Waals surface area contributed by atoms with Crippen molar-refractivity contribution in [2.75, 3.05) is 56.7 Å². The normalized spacial score (nSPS) is 23.3. The number of terminal acetylenes is 1. The molecule has 3 N–H and O–H groups in total. The van der Waals surface area contributed by atoms with E-state index in [0.29, 0.717) is 66.4 Å². The molecule has 6 aliphatic rings. The SMILES string of the molecule is C#Cc1c(F)ccc2cccc(-c3ncc4c(N5CC6CCC(C5)N6)nc(OCC56CCC(COC(=O)N(C)CCCC(=O)Nc7cccc8c7C(=O)N(C7CCC(=O)NC7=O)C8=O)N5CC(=C)C6)nc4c3F)c12. The van der Waals surface area contributed by atoms with Crippen LogP contribution in [0.3, 0.4) is 0 Å². The molecule has 5 atom stereocenters. The maximum Gasteiger partial charge on any atom is 0.409 e. The van der Waals surface area contributed by atoms with Gasteiger partial charge < -0.3 is 29.9 Å². The highest BCUT2D eigenvalue weighted by molar-refractivity contribution is 6.26. The summed E-state index contributed by atoms with van der Waals surface area (Å²) in [7, 11) is 1.57. The fourth-order valence-corrected chi connectivity index (χ4v) is 11.8. The number of amides is 6. The number of hydrogen-bond donors (Lipinski definition) is 3. The van der Waals surface area contributed by atoms with Crippen molar-refractivity contribution >= 4 is 68.8 Å². The molecular weight excluding hydrogens is 955 g/mol. The van der Waals surface area contributed by atoms with Gasteiger partial charge in [-0.3, -0.25) is 44.1 Å². The maximum atomic E-state index is 17.2. The first-order valence-electron chi connectivity index (χ1n) is 24.8. The smallest absolute Gasteiger partial charge is 0.409 e. The number of piperidine rings is 1. The molecule has 6 aliphatic heterocycles. The zero-order chi connectivity index (χ0) is 51.6. The maximum absolute atomic E-state index is 17.2. The van der Waals surface area contributed by atoms with Gasteiger partial charge in [-0.25, -0.2) is 13.6 Å². The second kappa shape index (κ2) is 19.2. The highest BCUT2D eigenvalue weighted by Gasteiger charge is 2.52. The van der Waals surface area contributed by atoms with Gasteiger partial charge in [-0.05, 0) is 68.5 Å². The Morgan fingerprint density at radius 2 is 1.78 bits per heavy atom. The predicted molar refractivity (Wildman–Crippen MR) is 267 cm³/mol. The van der Waals surface area contributed by atoms with E-state index in [9.17, 15) is 28.8 Å². The molecule has 5 fully saturated rings. The molecule has 3 aromatic carbocycles. The minimum absolute atomic E-state index is 0.00129. The molecule has 0 spiro atoms. The third-order valence-electron chi connectivity index (χ3n) is 15.3. The molecule has 0 radical (unpaired) electrons. The summed E-state index contributed by atoms with van der Waals surface area (Å²) >= 11 is 0. The molecule has 74 heavy (non-hydrogen) atoms. The molecule has 18 nitrogen and oxygen atoms in total. The number of fused-ring (bicyclic) bond motifs is 6. The lowest BCUT2D eigenvalue weighted by Gasteiger charge is -2.35. The van der Waals surface area contributed by atoms with E-state index in [0.717, 1.165) is 23.3 Å². The number of benzene rings is 3. The number of anilines is 2. The Morgan fingerprint density at radius 1 is 1.00 bits per heavy atom. The number of ether oxygens (including phenoxy) is 2. The van der Waals surface area contributed by atoms with E-state index in [1.54, 1.807) is 37.5 Å². The molecule has 5 saturated heterocycles. The topological polar surface area (TPSA) is 209 Å². The zero-order valence-corrected chi connectivity index (χ0v) is 40.5. The Balaban J connectivity index is 0.742. The summed E-state index contributed by atoms with van der Waals surface area (Å²) < 4.78 is 44.6. The standard InChI is InChI=1S/C54H52F2N10O8/c1-4-34-38(55)16-13-30-8-5-9-35(43(30)34)46-45(56)47-37(23-57-46)48(64-25-31-14-15-32(26-64)58-31)62-52(61-47)74-28-54-20-19-33(65(54)24-29(2)22-54)27-73-53(72)63(3)21-7-12-41(67)59-39-11-6-10-36-44(39)51(71)66(50(36)70)40-17-18-42(68)60-49(40)69/h1,5-6,8-11,13,16,23,31-33,40,58H,2,7,12,14-15,17-22,24-28H2,3H3,(H,59,67)(H,60,68,69). The van der Waals surface area contributed by atoms with Gasteiger partial charge in [0.2, 0.25) is 17.7 Å². The van der Waals surface area contributed by atoms with Gasteiger partial charge in [0.05, 0.1) is 33.3 Å². The molecule has 0 saturated carbocycles. The van der Waals surface area contributed by atoms with Crippen LogP contribution >= 0.6 is 0 Å². The highest BCUT2D eigenvalue weighted by atomic mass is 19.1. The molecule has 20 heteroatoms. The van der Waals surface area contributed by atoms with E-state index in [-0.39, 0.29) is 103 Å². The first-order chi connectivity index (χ1) is 35.7. The number of pyridine rings is 1. The number of nitrogens with one attached hydrogen (secondary N) is 3. The van der Waals surface area contributed by atoms with E-state index < -0.39 is 58.8 Å². The molecule has 2 bridgehead atoms. The van der Waals surface area contributed by atoms with Crippen LogP contribution in [-0.2, 0) is 19.1 Å². The van der Waals surface area contributed by atoms with Gasteiger partial charge in [-0.15, -0.1) is 6.42 Å². The van der Waals surface area contributed by atoms with Gasteiger partial charge in [0.15, 0.2) is 5.82 Å². The van der Waals surface area contributed by atoms with Gasteiger partial charge in [-0.1, -0.05) is 48.4 Å². The first kappa shape index (κ1) is 48.4. The lowest BCUT2D eigenvalue weighted by Crippen LogP contribution is -2.54. The van der Waals surface area contributed by atoms with E-state index in [1.807, 2.05) is 0 Å². The summed E-state index contributed by atoms with van der Waals surface area (Å²) in [6.45, 7) is 6.58. The number of halogens is 2. The van der Waals surface area contributed by atoms with Gasteiger partial charge >= 0.3 is 12.1 Å². The van der Waals surface area contributed by atoms with Crippen molar-refractivity contribution in [3.8, 4) is 29.6 Å².